The number of aromatic hydroxyl groups is 1. The van der Waals surface area contributed by atoms with Crippen molar-refractivity contribution in [2.45, 2.75) is 4.90 Å². The molecule has 1 amide bonds. The molecule has 0 aliphatic carbocycles. The molecule has 0 spiro atoms. The third kappa shape index (κ3) is 3.62. The van der Waals surface area contributed by atoms with Crippen LogP contribution in [0.15, 0.2) is 62.1 Å². The van der Waals surface area contributed by atoms with Crippen LogP contribution in [0.25, 0.3) is 10.9 Å². The number of nitrogens with one attached hydrogen (secondary N) is 1. The van der Waals surface area contributed by atoms with Crippen LogP contribution in [0.1, 0.15) is 10.4 Å². The van der Waals surface area contributed by atoms with E-state index in [2.05, 4.69) is 31.1 Å². The fraction of sp³-hybridized carbons (Fsp3) is 0.0625. The lowest BCUT2D eigenvalue weighted by Crippen LogP contribution is -1.99. The van der Waals surface area contributed by atoms with Gasteiger partial charge in [0, 0.05) is 21.7 Å². The molecule has 1 heterocycles. The van der Waals surface area contributed by atoms with Crippen LogP contribution in [0.2, 0.25) is 0 Å². The number of carbonyl (C=O) groups is 1. The van der Waals surface area contributed by atoms with E-state index in [1.807, 2.05) is 0 Å². The smallest absolute Gasteiger partial charge is 0.295 e. The molecular formula is C16H12BrN3O4S. The van der Waals surface area contributed by atoms with Gasteiger partial charge >= 0.3 is 0 Å². The maximum atomic E-state index is 12.1. The SMILES string of the molecule is CS(=O)(=O)c1ccc(C(=O)N=Nc2c(O)[nH]c3ccc(Br)cc23)cc1. The Kier molecular flexibility index (Phi) is 4.44. The van der Waals surface area contributed by atoms with E-state index in [4.69, 9.17) is 0 Å². The van der Waals surface area contributed by atoms with E-state index >= 15 is 0 Å². The Morgan fingerprint density at radius 3 is 2.48 bits per heavy atom. The molecule has 3 rings (SSSR count). The molecule has 7 nitrogen and oxygen atoms in total. The van der Waals surface area contributed by atoms with Crippen molar-refractivity contribution in [3.05, 3.63) is 52.5 Å². The highest BCUT2D eigenvalue weighted by Crippen LogP contribution is 2.36. The monoisotopic (exact) mass is 421 g/mol. The highest BCUT2D eigenvalue weighted by Gasteiger charge is 2.13. The fourth-order valence-electron chi connectivity index (χ4n) is 2.23. The minimum absolute atomic E-state index is 0.111. The summed E-state index contributed by atoms with van der Waals surface area (Å²) < 4.78 is 23.6. The van der Waals surface area contributed by atoms with Crippen LogP contribution < -0.4 is 0 Å². The van der Waals surface area contributed by atoms with Gasteiger partial charge in [-0.3, -0.25) is 4.79 Å². The quantitative estimate of drug-likeness (QED) is 0.622. The van der Waals surface area contributed by atoms with Gasteiger partial charge in [0.1, 0.15) is 0 Å². The molecule has 0 fully saturated rings. The molecule has 9 heteroatoms. The highest BCUT2D eigenvalue weighted by molar-refractivity contribution is 9.10. The summed E-state index contributed by atoms with van der Waals surface area (Å²) in [6.07, 6.45) is 1.08. The predicted molar refractivity (Wildman–Crippen MR) is 96.1 cm³/mol. The fourth-order valence-corrected chi connectivity index (χ4v) is 3.23. The lowest BCUT2D eigenvalue weighted by atomic mass is 10.2. The van der Waals surface area contributed by atoms with Crippen molar-refractivity contribution in [3.8, 4) is 5.88 Å². The van der Waals surface area contributed by atoms with Gasteiger partial charge in [0.05, 0.1) is 10.4 Å². The Hall–Kier alpha value is -2.52. The van der Waals surface area contributed by atoms with Gasteiger partial charge in [0.15, 0.2) is 15.5 Å². The second kappa shape index (κ2) is 6.41. The van der Waals surface area contributed by atoms with Gasteiger partial charge in [0.25, 0.3) is 5.91 Å². The zero-order valence-electron chi connectivity index (χ0n) is 12.9. The van der Waals surface area contributed by atoms with Crippen molar-refractivity contribution in [3.63, 3.8) is 0 Å². The van der Waals surface area contributed by atoms with Crippen molar-refractivity contribution in [1.29, 1.82) is 0 Å². The van der Waals surface area contributed by atoms with E-state index in [9.17, 15) is 18.3 Å². The Bertz CT molecular complexity index is 1100. The van der Waals surface area contributed by atoms with Crippen LogP contribution in [0, 0.1) is 0 Å². The van der Waals surface area contributed by atoms with Crippen molar-refractivity contribution in [2.24, 2.45) is 10.2 Å². The van der Waals surface area contributed by atoms with Crippen LogP contribution in [0.4, 0.5) is 5.69 Å². The van der Waals surface area contributed by atoms with Crippen molar-refractivity contribution < 1.29 is 18.3 Å². The first-order valence-corrected chi connectivity index (χ1v) is 9.70. The first kappa shape index (κ1) is 17.3. The average Bonchev–Trinajstić information content (AvgIpc) is 2.86. The Morgan fingerprint density at radius 1 is 1.16 bits per heavy atom. The van der Waals surface area contributed by atoms with E-state index in [1.54, 1.807) is 18.2 Å². The number of fused-ring (bicyclic) bond motifs is 1. The first-order chi connectivity index (χ1) is 11.8. The maximum Gasteiger partial charge on any atom is 0.295 e. The third-order valence-electron chi connectivity index (χ3n) is 3.48. The molecule has 2 N–H and O–H groups in total. The highest BCUT2D eigenvalue weighted by atomic mass is 79.9. The summed E-state index contributed by atoms with van der Waals surface area (Å²) in [4.78, 5) is 15.0. The largest absolute Gasteiger partial charge is 0.493 e. The molecule has 0 atom stereocenters. The molecule has 0 bridgehead atoms. The summed E-state index contributed by atoms with van der Waals surface area (Å²) in [7, 11) is -3.33. The number of halogens is 1. The number of aromatic nitrogens is 1. The molecule has 0 radical (unpaired) electrons. The van der Waals surface area contributed by atoms with Crippen LogP contribution in [-0.2, 0) is 9.84 Å². The normalized spacial score (nSPS) is 12.1. The molecule has 3 aromatic rings. The van der Waals surface area contributed by atoms with E-state index in [0.717, 1.165) is 10.7 Å². The zero-order valence-corrected chi connectivity index (χ0v) is 15.3. The van der Waals surface area contributed by atoms with Crippen molar-refractivity contribution in [2.75, 3.05) is 6.26 Å². The minimum Gasteiger partial charge on any atom is -0.493 e. The summed E-state index contributed by atoms with van der Waals surface area (Å²) in [5.41, 5.74) is 0.994. The zero-order chi connectivity index (χ0) is 18.2. The van der Waals surface area contributed by atoms with Crippen molar-refractivity contribution >= 4 is 48.3 Å². The van der Waals surface area contributed by atoms with Crippen molar-refractivity contribution in [1.82, 2.24) is 4.98 Å². The average molecular weight is 422 g/mol. The Labute approximate surface area is 151 Å². The molecule has 128 valence electrons. The molecule has 0 aliphatic heterocycles. The second-order valence-electron chi connectivity index (χ2n) is 5.31. The minimum atomic E-state index is -3.33. The summed E-state index contributed by atoms with van der Waals surface area (Å²) in [5, 5.41) is 18.0. The Morgan fingerprint density at radius 2 is 1.84 bits per heavy atom. The number of sulfone groups is 1. The second-order valence-corrected chi connectivity index (χ2v) is 8.25. The number of nitrogens with zero attached hydrogens (tertiary/aromatic N) is 2. The van der Waals surface area contributed by atoms with Gasteiger partial charge in [0.2, 0.25) is 5.88 Å². The third-order valence-corrected chi connectivity index (χ3v) is 5.11. The molecule has 0 saturated carbocycles. The molecule has 2 aromatic carbocycles. The van der Waals surface area contributed by atoms with Gasteiger partial charge < -0.3 is 10.1 Å². The van der Waals surface area contributed by atoms with E-state index < -0.39 is 15.7 Å². The van der Waals surface area contributed by atoms with Gasteiger partial charge in [-0.05, 0) is 42.5 Å². The lowest BCUT2D eigenvalue weighted by molar-refractivity contribution is 0.0995. The number of azo groups is 1. The lowest BCUT2D eigenvalue weighted by Gasteiger charge is -1.99. The topological polar surface area (TPSA) is 112 Å². The summed E-state index contributed by atoms with van der Waals surface area (Å²) in [6, 6.07) is 10.7. The van der Waals surface area contributed by atoms with E-state index in [0.29, 0.717) is 10.9 Å². The summed E-state index contributed by atoms with van der Waals surface area (Å²) in [5.74, 6) is -0.846. The van der Waals surface area contributed by atoms with Crippen LogP contribution in [0.5, 0.6) is 5.88 Å². The summed E-state index contributed by atoms with van der Waals surface area (Å²) in [6.45, 7) is 0. The number of aromatic amines is 1. The number of amides is 1. The van der Waals surface area contributed by atoms with Crippen LogP contribution in [0.3, 0.4) is 0 Å². The molecular weight excluding hydrogens is 410 g/mol. The van der Waals surface area contributed by atoms with E-state index in [-0.39, 0.29) is 22.0 Å². The molecule has 0 aliphatic rings. The number of rotatable bonds is 3. The predicted octanol–water partition coefficient (Wildman–Crippen LogP) is 3.96. The number of benzene rings is 2. The number of hydrogen-bond acceptors (Lipinski definition) is 5. The maximum absolute atomic E-state index is 12.1. The molecule has 0 saturated heterocycles. The van der Waals surface area contributed by atoms with Gasteiger partial charge in [-0.1, -0.05) is 15.9 Å². The van der Waals surface area contributed by atoms with Crippen LogP contribution >= 0.6 is 15.9 Å². The van der Waals surface area contributed by atoms with Crippen LogP contribution in [-0.4, -0.2) is 30.7 Å². The summed E-state index contributed by atoms with van der Waals surface area (Å²) >= 11 is 3.33. The van der Waals surface area contributed by atoms with Gasteiger partial charge in [-0.2, -0.15) is 0 Å². The number of carbonyl (C=O) groups excluding carboxylic acids is 1. The first-order valence-electron chi connectivity index (χ1n) is 7.02. The van der Waals surface area contributed by atoms with E-state index in [1.165, 1.54) is 24.3 Å². The van der Waals surface area contributed by atoms with Gasteiger partial charge in [-0.25, -0.2) is 8.42 Å². The molecule has 25 heavy (non-hydrogen) atoms. The standard InChI is InChI=1S/C16H12BrN3O4S/c1-25(23,24)11-5-2-9(3-6-11)15(21)20-19-14-12-8-10(17)4-7-13(12)18-16(14)22/h2-8,18,22H,1H3. The number of H-pyrrole nitrogens is 1. The number of hydrogen-bond donors (Lipinski definition) is 2. The Balaban J connectivity index is 1.91. The molecule has 0 unspecified atom stereocenters. The molecule has 1 aromatic heterocycles. The van der Waals surface area contributed by atoms with Gasteiger partial charge in [-0.15, -0.1) is 10.2 Å².